The maximum atomic E-state index is 11.5. The van der Waals surface area contributed by atoms with Crippen molar-refractivity contribution in [3.63, 3.8) is 0 Å². The van der Waals surface area contributed by atoms with Gasteiger partial charge in [0.1, 0.15) is 0 Å². The van der Waals surface area contributed by atoms with Gasteiger partial charge in [-0.15, -0.1) is 0 Å². The minimum atomic E-state index is -0.233. The third-order valence-corrected chi connectivity index (χ3v) is 3.62. The fourth-order valence-corrected chi connectivity index (χ4v) is 2.55. The fraction of sp³-hybridized carbons (Fsp3) is 0.400. The van der Waals surface area contributed by atoms with Gasteiger partial charge in [-0.2, -0.15) is 0 Å². The van der Waals surface area contributed by atoms with Crippen molar-refractivity contribution in [2.75, 3.05) is 7.05 Å². The molecular weight excluding hydrogens is 224 g/mol. The van der Waals surface area contributed by atoms with Crippen LogP contribution in [0.25, 0.3) is 0 Å². The number of nitrogens with two attached hydrogens (primary N) is 1. The van der Waals surface area contributed by atoms with Gasteiger partial charge in [-0.3, -0.25) is 9.69 Å². The molecule has 0 aromatic heterocycles. The van der Waals surface area contributed by atoms with Crippen LogP contribution in [0.5, 0.6) is 0 Å². The molecule has 0 radical (unpaired) electrons. The molecule has 18 heavy (non-hydrogen) atoms. The first-order chi connectivity index (χ1) is 8.58. The van der Waals surface area contributed by atoms with Gasteiger partial charge in [-0.05, 0) is 32.4 Å². The molecule has 0 spiro atoms. The van der Waals surface area contributed by atoms with Crippen LogP contribution < -0.4 is 5.73 Å². The molecule has 3 nitrogen and oxygen atoms in total. The monoisotopic (exact) mass is 244 g/mol. The molecular formula is C15H20N2O. The Morgan fingerprint density at radius 2 is 2.06 bits per heavy atom. The van der Waals surface area contributed by atoms with Gasteiger partial charge in [-0.25, -0.2) is 0 Å². The predicted molar refractivity (Wildman–Crippen MR) is 73.1 cm³/mol. The molecule has 2 rings (SSSR count). The molecule has 0 unspecified atom stereocenters. The molecule has 0 aliphatic carbocycles. The van der Waals surface area contributed by atoms with Crippen molar-refractivity contribution >= 4 is 5.91 Å². The van der Waals surface area contributed by atoms with E-state index in [1.807, 2.05) is 25.2 Å². The zero-order chi connectivity index (χ0) is 13.1. The lowest BCUT2D eigenvalue weighted by Gasteiger charge is -2.36. The summed E-state index contributed by atoms with van der Waals surface area (Å²) in [5, 5.41) is 0. The van der Waals surface area contributed by atoms with E-state index >= 15 is 0 Å². The first-order valence-electron chi connectivity index (χ1n) is 6.30. The molecule has 96 valence electrons. The molecule has 0 fully saturated rings. The Morgan fingerprint density at radius 3 is 2.67 bits per heavy atom. The standard InChI is InChI=1S/C15H20N2O/c1-11-8-13(10-12-6-4-3-5-7-12)17(2)14(9-11)15(16)18/h3-8,13-14H,9-10H2,1-2H3,(H2,16,18)/t13-,14-/m0/s1. The minimum absolute atomic E-state index is 0.177. The number of carbonyl (C=O) groups excluding carboxylic acids is 1. The van der Waals surface area contributed by atoms with Crippen LogP contribution in [0, 0.1) is 0 Å². The van der Waals surface area contributed by atoms with Crippen molar-refractivity contribution in [2.24, 2.45) is 5.73 Å². The lowest BCUT2D eigenvalue weighted by atomic mass is 9.93. The van der Waals surface area contributed by atoms with Gasteiger partial charge in [-0.1, -0.05) is 42.0 Å². The summed E-state index contributed by atoms with van der Waals surface area (Å²) in [5.41, 5.74) is 8.00. The van der Waals surface area contributed by atoms with E-state index in [1.54, 1.807) is 0 Å². The largest absolute Gasteiger partial charge is 0.368 e. The lowest BCUT2D eigenvalue weighted by molar-refractivity contribution is -0.123. The van der Waals surface area contributed by atoms with E-state index in [4.69, 9.17) is 5.73 Å². The van der Waals surface area contributed by atoms with Crippen molar-refractivity contribution in [3.8, 4) is 0 Å². The Morgan fingerprint density at radius 1 is 1.39 bits per heavy atom. The van der Waals surface area contributed by atoms with Crippen LogP contribution in [0.4, 0.5) is 0 Å². The second-order valence-electron chi connectivity index (χ2n) is 5.06. The average molecular weight is 244 g/mol. The molecule has 1 aromatic carbocycles. The molecule has 3 heteroatoms. The summed E-state index contributed by atoms with van der Waals surface area (Å²) in [4.78, 5) is 13.5. The van der Waals surface area contributed by atoms with E-state index in [2.05, 4.69) is 30.0 Å². The van der Waals surface area contributed by atoms with Crippen LogP contribution in [0.2, 0.25) is 0 Å². The molecule has 1 aromatic rings. The van der Waals surface area contributed by atoms with Gasteiger partial charge in [0.15, 0.2) is 0 Å². The first kappa shape index (κ1) is 12.8. The van der Waals surface area contributed by atoms with Crippen molar-refractivity contribution in [1.29, 1.82) is 0 Å². The fourth-order valence-electron chi connectivity index (χ4n) is 2.55. The quantitative estimate of drug-likeness (QED) is 0.823. The summed E-state index contributed by atoms with van der Waals surface area (Å²) >= 11 is 0. The van der Waals surface area contributed by atoms with Crippen LogP contribution in [0.1, 0.15) is 18.9 Å². The zero-order valence-electron chi connectivity index (χ0n) is 11.0. The van der Waals surface area contributed by atoms with Gasteiger partial charge >= 0.3 is 0 Å². The molecule has 1 aliphatic rings. The highest BCUT2D eigenvalue weighted by Crippen LogP contribution is 2.23. The zero-order valence-corrected chi connectivity index (χ0v) is 11.0. The summed E-state index contributed by atoms with van der Waals surface area (Å²) in [5.74, 6) is -0.233. The maximum Gasteiger partial charge on any atom is 0.235 e. The number of likely N-dealkylation sites (N-methyl/N-ethyl adjacent to an activating group) is 1. The molecule has 1 aliphatic heterocycles. The minimum Gasteiger partial charge on any atom is -0.368 e. The highest BCUT2D eigenvalue weighted by Gasteiger charge is 2.29. The third kappa shape index (κ3) is 2.79. The highest BCUT2D eigenvalue weighted by molar-refractivity contribution is 5.80. The topological polar surface area (TPSA) is 46.3 Å². The number of benzene rings is 1. The number of nitrogens with zero attached hydrogens (tertiary/aromatic N) is 1. The van der Waals surface area contributed by atoms with E-state index in [-0.39, 0.29) is 18.0 Å². The second-order valence-corrected chi connectivity index (χ2v) is 5.06. The molecule has 0 saturated heterocycles. The Bertz CT molecular complexity index is 453. The van der Waals surface area contributed by atoms with Crippen LogP contribution in [0.3, 0.4) is 0 Å². The van der Waals surface area contributed by atoms with Crippen molar-refractivity contribution < 1.29 is 4.79 Å². The van der Waals surface area contributed by atoms with Crippen LogP contribution in [-0.2, 0) is 11.2 Å². The summed E-state index contributed by atoms with van der Waals surface area (Å²) in [6.07, 6.45) is 3.90. The van der Waals surface area contributed by atoms with Gasteiger partial charge in [0, 0.05) is 6.04 Å². The van der Waals surface area contributed by atoms with E-state index in [1.165, 1.54) is 11.1 Å². The molecule has 1 amide bonds. The van der Waals surface area contributed by atoms with Gasteiger partial charge in [0.05, 0.1) is 6.04 Å². The molecule has 1 heterocycles. The average Bonchev–Trinajstić information content (AvgIpc) is 2.34. The maximum absolute atomic E-state index is 11.5. The summed E-state index contributed by atoms with van der Waals surface area (Å²) < 4.78 is 0. The van der Waals surface area contributed by atoms with Crippen LogP contribution in [-0.4, -0.2) is 29.9 Å². The van der Waals surface area contributed by atoms with Gasteiger partial charge < -0.3 is 5.73 Å². The highest BCUT2D eigenvalue weighted by atomic mass is 16.1. The normalized spacial score (nSPS) is 24.7. The van der Waals surface area contributed by atoms with Gasteiger partial charge in [0.25, 0.3) is 0 Å². The summed E-state index contributed by atoms with van der Waals surface area (Å²) in [6, 6.07) is 10.4. The Balaban J connectivity index is 2.16. The number of hydrogen-bond donors (Lipinski definition) is 1. The SMILES string of the molecule is CC1=C[C@@H](Cc2ccccc2)N(C)[C@H](C(N)=O)C1. The molecule has 0 saturated carbocycles. The van der Waals surface area contributed by atoms with Crippen molar-refractivity contribution in [2.45, 2.75) is 31.8 Å². The van der Waals surface area contributed by atoms with E-state index < -0.39 is 0 Å². The van der Waals surface area contributed by atoms with Crippen molar-refractivity contribution in [1.82, 2.24) is 4.90 Å². The molecule has 2 N–H and O–H groups in total. The molecule has 2 atom stereocenters. The smallest absolute Gasteiger partial charge is 0.235 e. The van der Waals surface area contributed by atoms with E-state index in [0.29, 0.717) is 0 Å². The molecule has 0 bridgehead atoms. The Hall–Kier alpha value is -1.61. The van der Waals surface area contributed by atoms with Crippen LogP contribution in [0.15, 0.2) is 42.0 Å². The Kier molecular flexibility index (Phi) is 3.82. The Labute approximate surface area is 108 Å². The summed E-state index contributed by atoms with van der Waals surface area (Å²) in [6.45, 7) is 2.07. The number of rotatable bonds is 3. The number of carbonyl (C=O) groups is 1. The van der Waals surface area contributed by atoms with E-state index in [0.717, 1.165) is 12.8 Å². The number of primary amides is 1. The first-order valence-corrected chi connectivity index (χ1v) is 6.30. The van der Waals surface area contributed by atoms with E-state index in [9.17, 15) is 4.79 Å². The number of amides is 1. The lowest BCUT2D eigenvalue weighted by Crippen LogP contribution is -2.50. The summed E-state index contributed by atoms with van der Waals surface area (Å²) in [7, 11) is 1.98. The second kappa shape index (κ2) is 5.36. The predicted octanol–water partition coefficient (Wildman–Crippen LogP) is 1.73. The van der Waals surface area contributed by atoms with Crippen LogP contribution >= 0.6 is 0 Å². The third-order valence-electron chi connectivity index (χ3n) is 3.62. The number of hydrogen-bond acceptors (Lipinski definition) is 2. The van der Waals surface area contributed by atoms with Gasteiger partial charge in [0.2, 0.25) is 5.91 Å². The van der Waals surface area contributed by atoms with Crippen molar-refractivity contribution in [3.05, 3.63) is 47.5 Å².